The molecule has 1 unspecified atom stereocenters. The Balaban J connectivity index is 2.34. The minimum Gasteiger partial charge on any atom is -0.396 e. The second-order valence-electron chi connectivity index (χ2n) is 4.43. The fourth-order valence-corrected chi connectivity index (χ4v) is 4.12. The molecule has 1 aliphatic rings. The minimum atomic E-state index is -3.67. The van der Waals surface area contributed by atoms with E-state index >= 15 is 0 Å². The van der Waals surface area contributed by atoms with Crippen LogP contribution in [-0.2, 0) is 14.8 Å². The third-order valence-corrected chi connectivity index (χ3v) is 5.82. The second-order valence-corrected chi connectivity index (χ2v) is 7.14. The lowest BCUT2D eigenvalue weighted by atomic mass is 10.2. The van der Waals surface area contributed by atoms with Gasteiger partial charge in [-0.2, -0.15) is 4.31 Å². The number of hydrogen-bond acceptors (Lipinski definition) is 4. The molecule has 1 aliphatic heterocycles. The number of hydrogen-bond donors (Lipinski definition) is 1. The predicted molar refractivity (Wildman–Crippen MR) is 76.7 cm³/mol. The fraction of sp³-hybridized carbons (Fsp3) is 0.500. The monoisotopic (exact) mass is 339 g/mol. The Labute approximate surface area is 128 Å². The molecule has 1 aromatic rings. The van der Waals surface area contributed by atoms with Crippen LogP contribution in [0.3, 0.4) is 0 Å². The molecule has 1 heterocycles. The molecule has 0 spiro atoms. The first-order valence-corrected chi connectivity index (χ1v) is 8.32. The molecule has 0 aliphatic carbocycles. The summed E-state index contributed by atoms with van der Waals surface area (Å²) in [7, 11) is -3.67. The van der Waals surface area contributed by atoms with E-state index in [1.807, 2.05) is 0 Å². The van der Waals surface area contributed by atoms with Crippen LogP contribution < -0.4 is 0 Å². The summed E-state index contributed by atoms with van der Waals surface area (Å²) < 4.78 is 31.9. The molecular formula is C12H15Cl2NO4S. The largest absolute Gasteiger partial charge is 0.396 e. The highest BCUT2D eigenvalue weighted by atomic mass is 35.5. The van der Waals surface area contributed by atoms with Gasteiger partial charge in [-0.15, -0.1) is 0 Å². The van der Waals surface area contributed by atoms with Crippen molar-refractivity contribution in [3.8, 4) is 0 Å². The average Bonchev–Trinajstić information content (AvgIpc) is 2.42. The predicted octanol–water partition coefficient (Wildman–Crippen LogP) is 1.77. The van der Waals surface area contributed by atoms with Crippen molar-refractivity contribution in [3.05, 3.63) is 28.2 Å². The van der Waals surface area contributed by atoms with Crippen molar-refractivity contribution in [1.82, 2.24) is 4.31 Å². The Kier molecular flexibility index (Phi) is 5.28. The summed E-state index contributed by atoms with van der Waals surface area (Å²) in [4.78, 5) is 0.0942. The van der Waals surface area contributed by atoms with Gasteiger partial charge in [0, 0.05) is 13.2 Å². The van der Waals surface area contributed by atoms with Gasteiger partial charge in [0.25, 0.3) is 0 Å². The number of ether oxygens (including phenoxy) is 1. The topological polar surface area (TPSA) is 66.8 Å². The molecule has 0 radical (unpaired) electrons. The second kappa shape index (κ2) is 6.60. The molecule has 8 heteroatoms. The number of rotatable bonds is 4. The summed E-state index contributed by atoms with van der Waals surface area (Å²) >= 11 is 11.7. The first-order chi connectivity index (χ1) is 9.46. The molecule has 0 amide bonds. The molecule has 1 saturated heterocycles. The normalized spacial score (nSPS) is 21.1. The van der Waals surface area contributed by atoms with Gasteiger partial charge >= 0.3 is 0 Å². The van der Waals surface area contributed by atoms with Gasteiger partial charge in [0.05, 0.1) is 34.2 Å². The van der Waals surface area contributed by atoms with Crippen LogP contribution in [0.25, 0.3) is 0 Å². The Morgan fingerprint density at radius 3 is 2.75 bits per heavy atom. The number of morpholine rings is 1. The summed E-state index contributed by atoms with van der Waals surface area (Å²) in [5.74, 6) is 0. The van der Waals surface area contributed by atoms with E-state index in [0.29, 0.717) is 18.1 Å². The summed E-state index contributed by atoms with van der Waals surface area (Å²) in [6, 6.07) is 3.85. The van der Waals surface area contributed by atoms with E-state index in [1.54, 1.807) is 0 Å². The Hall–Kier alpha value is -0.370. The molecule has 1 aromatic carbocycles. The van der Waals surface area contributed by atoms with Crippen molar-refractivity contribution in [2.45, 2.75) is 17.4 Å². The molecule has 0 bridgehead atoms. The van der Waals surface area contributed by atoms with E-state index < -0.39 is 10.0 Å². The Morgan fingerprint density at radius 2 is 2.10 bits per heavy atom. The van der Waals surface area contributed by atoms with Crippen LogP contribution in [0.2, 0.25) is 10.0 Å². The maximum atomic E-state index is 12.6. The molecule has 0 saturated carbocycles. The zero-order chi connectivity index (χ0) is 14.8. The summed E-state index contributed by atoms with van der Waals surface area (Å²) in [5, 5.41) is 9.54. The van der Waals surface area contributed by atoms with Crippen LogP contribution in [0.4, 0.5) is 0 Å². The standard InChI is InChI=1S/C12H15Cl2NO4S/c13-11-2-1-10(7-12(11)14)20(17,18)15-4-6-19-8-9(15)3-5-16/h1-2,7,9,16H,3-6,8H2. The maximum Gasteiger partial charge on any atom is 0.243 e. The molecule has 0 aromatic heterocycles. The quantitative estimate of drug-likeness (QED) is 0.907. The van der Waals surface area contributed by atoms with Gasteiger partial charge < -0.3 is 9.84 Å². The van der Waals surface area contributed by atoms with Crippen molar-refractivity contribution in [3.63, 3.8) is 0 Å². The van der Waals surface area contributed by atoms with E-state index in [2.05, 4.69) is 0 Å². The van der Waals surface area contributed by atoms with Crippen molar-refractivity contribution in [2.75, 3.05) is 26.4 Å². The highest BCUT2D eigenvalue weighted by molar-refractivity contribution is 7.89. The average molecular weight is 340 g/mol. The molecule has 112 valence electrons. The van der Waals surface area contributed by atoms with Gasteiger partial charge in [-0.25, -0.2) is 8.42 Å². The van der Waals surface area contributed by atoms with Crippen LogP contribution in [-0.4, -0.2) is 50.2 Å². The Bertz CT molecular complexity index is 577. The molecule has 20 heavy (non-hydrogen) atoms. The van der Waals surface area contributed by atoms with Crippen LogP contribution in [0.1, 0.15) is 6.42 Å². The van der Waals surface area contributed by atoms with Crippen LogP contribution in [0.15, 0.2) is 23.1 Å². The lowest BCUT2D eigenvalue weighted by Gasteiger charge is -2.34. The minimum absolute atomic E-state index is 0.0942. The van der Waals surface area contributed by atoms with Crippen molar-refractivity contribution in [2.24, 2.45) is 0 Å². The number of nitrogens with zero attached hydrogens (tertiary/aromatic N) is 1. The first-order valence-electron chi connectivity index (χ1n) is 6.12. The maximum absolute atomic E-state index is 12.6. The van der Waals surface area contributed by atoms with Crippen LogP contribution in [0.5, 0.6) is 0 Å². The van der Waals surface area contributed by atoms with E-state index in [1.165, 1.54) is 22.5 Å². The Morgan fingerprint density at radius 1 is 1.35 bits per heavy atom. The smallest absolute Gasteiger partial charge is 0.243 e. The van der Waals surface area contributed by atoms with Crippen molar-refractivity contribution < 1.29 is 18.3 Å². The number of sulfonamides is 1. The number of benzene rings is 1. The van der Waals surface area contributed by atoms with Gasteiger partial charge in [-0.1, -0.05) is 23.2 Å². The molecular weight excluding hydrogens is 325 g/mol. The fourth-order valence-electron chi connectivity index (χ4n) is 2.11. The first kappa shape index (κ1) is 16.0. The molecule has 5 nitrogen and oxygen atoms in total. The summed E-state index contributed by atoms with van der Waals surface area (Å²) in [5.41, 5.74) is 0. The van der Waals surface area contributed by atoms with E-state index in [4.69, 9.17) is 33.0 Å². The highest BCUT2D eigenvalue weighted by Crippen LogP contribution is 2.28. The highest BCUT2D eigenvalue weighted by Gasteiger charge is 2.33. The number of aliphatic hydroxyl groups is 1. The third-order valence-electron chi connectivity index (χ3n) is 3.13. The van der Waals surface area contributed by atoms with Crippen molar-refractivity contribution >= 4 is 33.2 Å². The lowest BCUT2D eigenvalue weighted by Crippen LogP contribution is -2.48. The molecule has 1 atom stereocenters. The number of aliphatic hydroxyl groups excluding tert-OH is 1. The lowest BCUT2D eigenvalue weighted by molar-refractivity contribution is 0.0237. The summed E-state index contributed by atoms with van der Waals surface area (Å²) in [6.07, 6.45) is 0.334. The van der Waals surface area contributed by atoms with Crippen molar-refractivity contribution in [1.29, 1.82) is 0 Å². The summed E-state index contributed by atoms with van der Waals surface area (Å²) in [6.45, 7) is 0.776. The van der Waals surface area contributed by atoms with Gasteiger partial charge in [-0.05, 0) is 24.6 Å². The van der Waals surface area contributed by atoms with E-state index in [0.717, 1.165) is 0 Å². The number of halogens is 2. The van der Waals surface area contributed by atoms with E-state index in [9.17, 15) is 8.42 Å². The SMILES string of the molecule is O=S(=O)(c1ccc(Cl)c(Cl)c1)N1CCOCC1CCO. The zero-order valence-corrected chi connectivity index (χ0v) is 13.0. The van der Waals surface area contributed by atoms with Crippen LogP contribution >= 0.6 is 23.2 Å². The third kappa shape index (κ3) is 3.27. The molecule has 1 fully saturated rings. The van der Waals surface area contributed by atoms with Gasteiger partial charge in [-0.3, -0.25) is 0 Å². The van der Waals surface area contributed by atoms with Crippen LogP contribution in [0, 0.1) is 0 Å². The van der Waals surface area contributed by atoms with E-state index in [-0.39, 0.29) is 35.7 Å². The van der Waals surface area contributed by atoms with Gasteiger partial charge in [0.2, 0.25) is 10.0 Å². The zero-order valence-electron chi connectivity index (χ0n) is 10.6. The van der Waals surface area contributed by atoms with Gasteiger partial charge in [0.1, 0.15) is 0 Å². The van der Waals surface area contributed by atoms with Gasteiger partial charge in [0.15, 0.2) is 0 Å². The molecule has 1 N–H and O–H groups in total. The molecule has 2 rings (SSSR count).